The molecule has 2 aliphatic heterocycles. The minimum absolute atomic E-state index is 0.173. The molecule has 0 amide bonds. The zero-order valence-electron chi connectivity index (χ0n) is 16.3. The Balaban J connectivity index is 1.90. The van der Waals surface area contributed by atoms with Gasteiger partial charge >= 0.3 is 6.02 Å². The summed E-state index contributed by atoms with van der Waals surface area (Å²) in [6.45, 7) is 7.89. The maximum Gasteiger partial charge on any atom is 0.327 e. The van der Waals surface area contributed by atoms with Gasteiger partial charge < -0.3 is 18.9 Å². The number of hydroxylamine groups is 2. The zero-order chi connectivity index (χ0) is 19.8. The number of ether oxygens (including phenoxy) is 4. The molecule has 1 aromatic carbocycles. The third-order valence-electron chi connectivity index (χ3n) is 4.34. The van der Waals surface area contributed by atoms with Crippen molar-refractivity contribution in [3.05, 3.63) is 28.8 Å². The van der Waals surface area contributed by atoms with Crippen molar-refractivity contribution in [3.63, 3.8) is 0 Å². The van der Waals surface area contributed by atoms with E-state index in [1.54, 1.807) is 6.92 Å². The highest BCUT2D eigenvalue weighted by atomic mass is 35.5. The number of benzene rings is 1. The van der Waals surface area contributed by atoms with Gasteiger partial charge in [-0.1, -0.05) is 29.3 Å². The molecule has 3 rings (SSSR count). The van der Waals surface area contributed by atoms with Crippen molar-refractivity contribution in [1.29, 1.82) is 0 Å². The number of hydrogen-bond acceptors (Lipinski definition) is 8. The number of amidine groups is 2. The number of hydrogen-bond donors (Lipinski definition) is 0. The lowest BCUT2D eigenvalue weighted by atomic mass is 10.1. The molecule has 27 heavy (non-hydrogen) atoms. The van der Waals surface area contributed by atoms with Crippen molar-refractivity contribution in [2.45, 2.75) is 45.4 Å². The second kappa shape index (κ2) is 7.73. The Morgan fingerprint density at radius 3 is 2.44 bits per heavy atom. The number of nitrogens with zero attached hydrogens (tertiary/aromatic N) is 3. The quantitative estimate of drug-likeness (QED) is 0.574. The van der Waals surface area contributed by atoms with E-state index in [0.717, 1.165) is 16.7 Å². The molecule has 1 aromatic rings. The third kappa shape index (κ3) is 4.09. The molecule has 148 valence electrons. The Morgan fingerprint density at radius 1 is 1.22 bits per heavy atom. The average Bonchev–Trinajstić information content (AvgIpc) is 3.01. The lowest BCUT2D eigenvalue weighted by molar-refractivity contribution is -0.310. The molecule has 0 aromatic heterocycles. The molecule has 9 heteroatoms. The van der Waals surface area contributed by atoms with Gasteiger partial charge in [-0.15, -0.1) is 0 Å². The summed E-state index contributed by atoms with van der Waals surface area (Å²) in [7, 11) is 2.98. The monoisotopic (exact) mass is 397 g/mol. The van der Waals surface area contributed by atoms with Gasteiger partial charge in [0.15, 0.2) is 5.84 Å². The minimum Gasteiger partial charge on any atom is -0.424 e. The van der Waals surface area contributed by atoms with Crippen LogP contribution in [0.25, 0.3) is 0 Å². The van der Waals surface area contributed by atoms with Gasteiger partial charge in [0, 0.05) is 14.0 Å². The molecule has 2 heterocycles. The zero-order valence-corrected chi connectivity index (χ0v) is 17.0. The largest absolute Gasteiger partial charge is 0.424 e. The summed E-state index contributed by atoms with van der Waals surface area (Å²) in [6, 6.07) is 4.24. The molecule has 1 saturated heterocycles. The van der Waals surface area contributed by atoms with Gasteiger partial charge in [0.05, 0.1) is 13.7 Å². The summed E-state index contributed by atoms with van der Waals surface area (Å²) in [6.07, 6.45) is -0.533. The van der Waals surface area contributed by atoms with Crippen molar-refractivity contribution in [2.24, 2.45) is 9.98 Å². The molecule has 3 atom stereocenters. The smallest absolute Gasteiger partial charge is 0.327 e. The second-order valence-corrected chi connectivity index (χ2v) is 6.90. The van der Waals surface area contributed by atoms with E-state index in [-0.39, 0.29) is 12.6 Å². The van der Waals surface area contributed by atoms with Crippen molar-refractivity contribution >= 4 is 23.5 Å². The standard InChI is InChI=1S/C18H24ClN3O5/c1-10-7-11(2)14(12(3)8-10)26-17-21-15(20-16(19)22(17)24-6)13-9-25-18(4,23-5)27-13/h7-8,13,16H,9H2,1-6H3. The van der Waals surface area contributed by atoms with E-state index < -0.39 is 17.7 Å². The molecule has 3 unspecified atom stereocenters. The van der Waals surface area contributed by atoms with Gasteiger partial charge in [-0.2, -0.15) is 10.1 Å². The van der Waals surface area contributed by atoms with Gasteiger partial charge in [-0.05, 0) is 31.9 Å². The van der Waals surface area contributed by atoms with Crippen LogP contribution in [0, 0.1) is 20.8 Å². The minimum atomic E-state index is -1.14. The van der Waals surface area contributed by atoms with Crippen LogP contribution < -0.4 is 4.74 Å². The number of aliphatic imine (C=N–C) groups is 2. The molecule has 0 N–H and O–H groups in total. The third-order valence-corrected chi connectivity index (χ3v) is 4.61. The molecule has 1 fully saturated rings. The Hall–Kier alpha value is -1.71. The summed E-state index contributed by atoms with van der Waals surface area (Å²) in [5, 5.41) is 1.29. The molecule has 8 nitrogen and oxygen atoms in total. The first-order valence-corrected chi connectivity index (χ1v) is 8.96. The normalized spacial score (nSPS) is 28.2. The van der Waals surface area contributed by atoms with E-state index in [2.05, 4.69) is 9.98 Å². The first kappa shape index (κ1) is 20.0. The van der Waals surface area contributed by atoms with Crippen LogP contribution >= 0.6 is 11.6 Å². The number of halogens is 1. The van der Waals surface area contributed by atoms with E-state index in [4.69, 9.17) is 35.4 Å². The molecule has 0 saturated carbocycles. The lowest BCUT2D eigenvalue weighted by Gasteiger charge is -2.29. The Kier molecular flexibility index (Phi) is 5.73. The fraction of sp³-hybridized carbons (Fsp3) is 0.556. The number of rotatable bonds is 4. The van der Waals surface area contributed by atoms with Gasteiger partial charge in [0.25, 0.3) is 5.97 Å². The maximum atomic E-state index is 6.35. The molecular weight excluding hydrogens is 374 g/mol. The maximum absolute atomic E-state index is 6.35. The second-order valence-electron chi connectivity index (χ2n) is 6.51. The van der Waals surface area contributed by atoms with Gasteiger partial charge in [0.2, 0.25) is 5.62 Å². The van der Waals surface area contributed by atoms with Crippen LogP contribution in [0.2, 0.25) is 0 Å². The summed E-state index contributed by atoms with van der Waals surface area (Å²) >= 11 is 6.35. The first-order valence-electron chi connectivity index (χ1n) is 8.52. The van der Waals surface area contributed by atoms with Crippen molar-refractivity contribution < 1.29 is 23.8 Å². The van der Waals surface area contributed by atoms with Crippen molar-refractivity contribution in [1.82, 2.24) is 5.06 Å². The lowest BCUT2D eigenvalue weighted by Crippen LogP contribution is -2.44. The van der Waals surface area contributed by atoms with Crippen LogP contribution in [0.5, 0.6) is 5.75 Å². The van der Waals surface area contributed by atoms with Crippen LogP contribution in [0.1, 0.15) is 23.6 Å². The highest BCUT2D eigenvalue weighted by Crippen LogP contribution is 2.29. The molecular formula is C18H24ClN3O5. The number of aryl methyl sites for hydroxylation is 3. The molecule has 0 aliphatic carbocycles. The van der Waals surface area contributed by atoms with E-state index in [1.165, 1.54) is 19.3 Å². The molecule has 2 aliphatic rings. The fourth-order valence-electron chi connectivity index (χ4n) is 3.02. The van der Waals surface area contributed by atoms with Crippen LogP contribution in [-0.2, 0) is 19.0 Å². The Morgan fingerprint density at radius 2 is 1.89 bits per heavy atom. The summed E-state index contributed by atoms with van der Waals surface area (Å²) in [4.78, 5) is 14.1. The molecule has 0 bridgehead atoms. The molecule has 0 radical (unpaired) electrons. The van der Waals surface area contributed by atoms with Crippen LogP contribution in [-0.4, -0.2) is 55.4 Å². The summed E-state index contributed by atoms with van der Waals surface area (Å²) < 4.78 is 22.6. The SMILES string of the molecule is CON1C(Oc2c(C)cc(C)cc2C)=NC(C2COC(C)(OC)O2)=NC1Cl. The van der Waals surface area contributed by atoms with Crippen molar-refractivity contribution in [3.8, 4) is 5.75 Å². The van der Waals surface area contributed by atoms with Gasteiger partial charge in [0.1, 0.15) is 11.9 Å². The predicted molar refractivity (Wildman–Crippen MR) is 101 cm³/mol. The van der Waals surface area contributed by atoms with Crippen molar-refractivity contribution in [2.75, 3.05) is 20.8 Å². The van der Waals surface area contributed by atoms with Crippen LogP contribution in [0.3, 0.4) is 0 Å². The van der Waals surface area contributed by atoms with E-state index >= 15 is 0 Å². The van der Waals surface area contributed by atoms with E-state index in [0.29, 0.717) is 11.6 Å². The highest BCUT2D eigenvalue weighted by molar-refractivity contribution is 6.22. The molecule has 0 spiro atoms. The van der Waals surface area contributed by atoms with E-state index in [1.807, 2.05) is 32.9 Å². The Bertz CT molecular complexity index is 761. The highest BCUT2D eigenvalue weighted by Gasteiger charge is 2.42. The van der Waals surface area contributed by atoms with Crippen LogP contribution in [0.4, 0.5) is 0 Å². The number of alkyl halides is 1. The number of methoxy groups -OCH3 is 1. The average molecular weight is 398 g/mol. The first-order chi connectivity index (χ1) is 12.8. The topological polar surface area (TPSA) is 74.1 Å². The summed E-state index contributed by atoms with van der Waals surface area (Å²) in [5.74, 6) is -0.105. The van der Waals surface area contributed by atoms with E-state index in [9.17, 15) is 0 Å². The predicted octanol–water partition coefficient (Wildman–Crippen LogP) is 2.88. The summed E-state index contributed by atoms with van der Waals surface area (Å²) in [5.41, 5.74) is 2.25. The van der Waals surface area contributed by atoms with Crippen LogP contribution in [0.15, 0.2) is 22.1 Å². The van der Waals surface area contributed by atoms with Gasteiger partial charge in [-0.3, -0.25) is 4.84 Å². The Labute approximate surface area is 163 Å². The van der Waals surface area contributed by atoms with Gasteiger partial charge in [-0.25, -0.2) is 4.99 Å². The fourth-order valence-corrected chi connectivity index (χ4v) is 3.29.